The van der Waals surface area contributed by atoms with Crippen LogP contribution in [0.15, 0.2) is 35.2 Å². The molecule has 1 aromatic rings. The molecule has 0 heterocycles. The van der Waals surface area contributed by atoms with Gasteiger partial charge in [-0.25, -0.2) is 0 Å². The highest BCUT2D eigenvalue weighted by Gasteiger charge is 2.29. The minimum absolute atomic E-state index is 0.431. The number of hydrogen-bond acceptors (Lipinski definition) is 3. The van der Waals surface area contributed by atoms with Crippen molar-refractivity contribution in [3.63, 3.8) is 0 Å². The van der Waals surface area contributed by atoms with E-state index in [-0.39, 0.29) is 0 Å². The molecule has 3 N–H and O–H groups in total. The van der Waals surface area contributed by atoms with E-state index in [0.29, 0.717) is 6.04 Å². The molecule has 2 rings (SSSR count). The molecule has 106 valence electrons. The molecule has 0 aliphatic heterocycles. The summed E-state index contributed by atoms with van der Waals surface area (Å²) in [6.45, 7) is 4.76. The third kappa shape index (κ3) is 4.23. The lowest BCUT2D eigenvalue weighted by molar-refractivity contribution is 0.179. The first-order valence-corrected chi connectivity index (χ1v) is 8.33. The van der Waals surface area contributed by atoms with E-state index in [2.05, 4.69) is 49.6 Å². The second-order valence-corrected chi connectivity index (χ2v) is 7.02. The van der Waals surface area contributed by atoms with Crippen molar-refractivity contribution < 1.29 is 0 Å². The number of rotatable bonds is 5. The van der Waals surface area contributed by atoms with Gasteiger partial charge in [-0.05, 0) is 42.7 Å². The third-order valence-electron chi connectivity index (χ3n) is 4.59. The van der Waals surface area contributed by atoms with Gasteiger partial charge in [0.1, 0.15) is 0 Å². The lowest BCUT2D eigenvalue weighted by atomic mass is 9.73. The van der Waals surface area contributed by atoms with Crippen LogP contribution in [0.4, 0.5) is 0 Å². The van der Waals surface area contributed by atoms with Crippen LogP contribution < -0.4 is 11.3 Å². The third-order valence-corrected chi connectivity index (χ3v) is 5.73. The monoisotopic (exact) mass is 278 g/mol. The van der Waals surface area contributed by atoms with Crippen molar-refractivity contribution in [1.29, 1.82) is 0 Å². The Bertz CT molecular complexity index is 368. The quantitative estimate of drug-likeness (QED) is 0.490. The molecule has 0 saturated heterocycles. The maximum absolute atomic E-state index is 5.78. The van der Waals surface area contributed by atoms with Crippen LogP contribution in [-0.2, 0) is 0 Å². The molecule has 19 heavy (non-hydrogen) atoms. The largest absolute Gasteiger partial charge is 0.271 e. The molecule has 2 nitrogen and oxygen atoms in total. The molecule has 4 unspecified atom stereocenters. The van der Waals surface area contributed by atoms with Crippen LogP contribution in [-0.4, -0.2) is 11.8 Å². The van der Waals surface area contributed by atoms with Gasteiger partial charge in [-0.1, -0.05) is 38.5 Å². The first kappa shape index (κ1) is 14.9. The molecule has 0 spiro atoms. The lowest BCUT2D eigenvalue weighted by Crippen LogP contribution is -2.45. The van der Waals surface area contributed by atoms with Crippen molar-refractivity contribution in [3.8, 4) is 0 Å². The normalized spacial score (nSPS) is 29.1. The second-order valence-electron chi connectivity index (χ2n) is 5.92. The van der Waals surface area contributed by atoms with Gasteiger partial charge >= 0.3 is 0 Å². The molecule has 1 aromatic carbocycles. The van der Waals surface area contributed by atoms with Gasteiger partial charge in [-0.15, -0.1) is 11.8 Å². The van der Waals surface area contributed by atoms with Crippen LogP contribution in [0.3, 0.4) is 0 Å². The van der Waals surface area contributed by atoms with Gasteiger partial charge < -0.3 is 0 Å². The van der Waals surface area contributed by atoms with Crippen LogP contribution in [0.5, 0.6) is 0 Å². The highest BCUT2D eigenvalue weighted by molar-refractivity contribution is 7.99. The Morgan fingerprint density at radius 2 is 1.95 bits per heavy atom. The van der Waals surface area contributed by atoms with E-state index in [0.717, 1.165) is 23.5 Å². The Morgan fingerprint density at radius 3 is 2.58 bits per heavy atom. The Hall–Kier alpha value is -0.510. The van der Waals surface area contributed by atoms with E-state index in [1.54, 1.807) is 0 Å². The van der Waals surface area contributed by atoms with Gasteiger partial charge in [0.25, 0.3) is 0 Å². The Morgan fingerprint density at radius 1 is 1.21 bits per heavy atom. The molecule has 3 heteroatoms. The number of thioether (sulfide) groups is 1. The second kappa shape index (κ2) is 7.32. The molecular formula is C16H26N2S. The average molecular weight is 278 g/mol. The summed E-state index contributed by atoms with van der Waals surface area (Å²) in [5.74, 6) is 9.28. The van der Waals surface area contributed by atoms with Gasteiger partial charge in [0, 0.05) is 16.7 Å². The Kier molecular flexibility index (Phi) is 5.74. The summed E-state index contributed by atoms with van der Waals surface area (Å²) in [6.07, 6.45) is 3.97. The van der Waals surface area contributed by atoms with Crippen molar-refractivity contribution in [2.24, 2.45) is 23.6 Å². The van der Waals surface area contributed by atoms with E-state index in [9.17, 15) is 0 Å². The van der Waals surface area contributed by atoms with Gasteiger partial charge in [-0.2, -0.15) is 0 Å². The summed E-state index contributed by atoms with van der Waals surface area (Å²) in [5.41, 5.74) is 3.06. The van der Waals surface area contributed by atoms with Crippen LogP contribution in [0, 0.1) is 17.8 Å². The minimum atomic E-state index is 0.431. The first-order chi connectivity index (χ1) is 9.20. The standard InChI is InChI=1S/C16H26N2S/c1-12-8-9-14(10-13(12)2)16(18-17)11-19-15-6-4-3-5-7-15/h3-7,12-14,16,18H,8-11,17H2,1-2H3. The van der Waals surface area contributed by atoms with Crippen LogP contribution in [0.1, 0.15) is 33.1 Å². The van der Waals surface area contributed by atoms with E-state index in [4.69, 9.17) is 5.84 Å². The smallest absolute Gasteiger partial charge is 0.0332 e. The van der Waals surface area contributed by atoms with Crippen LogP contribution in [0.25, 0.3) is 0 Å². The number of hydrazine groups is 1. The van der Waals surface area contributed by atoms with E-state index in [1.807, 2.05) is 11.8 Å². The summed E-state index contributed by atoms with van der Waals surface area (Å²) in [6, 6.07) is 11.0. The minimum Gasteiger partial charge on any atom is -0.271 e. The van der Waals surface area contributed by atoms with E-state index >= 15 is 0 Å². The van der Waals surface area contributed by atoms with Crippen molar-refractivity contribution >= 4 is 11.8 Å². The number of nitrogens with two attached hydrogens (primary N) is 1. The van der Waals surface area contributed by atoms with Crippen molar-refractivity contribution in [2.75, 3.05) is 5.75 Å². The predicted molar refractivity (Wildman–Crippen MR) is 83.9 cm³/mol. The molecule has 0 bridgehead atoms. The molecular weight excluding hydrogens is 252 g/mol. The maximum atomic E-state index is 5.78. The van der Waals surface area contributed by atoms with Crippen molar-refractivity contribution in [3.05, 3.63) is 30.3 Å². The summed E-state index contributed by atoms with van der Waals surface area (Å²) in [7, 11) is 0. The van der Waals surface area contributed by atoms with E-state index in [1.165, 1.54) is 24.2 Å². The maximum Gasteiger partial charge on any atom is 0.0332 e. The molecule has 1 aliphatic rings. The van der Waals surface area contributed by atoms with Crippen LogP contribution in [0.2, 0.25) is 0 Å². The molecule has 0 amide bonds. The van der Waals surface area contributed by atoms with Crippen molar-refractivity contribution in [2.45, 2.75) is 44.0 Å². The zero-order valence-corrected chi connectivity index (χ0v) is 12.8. The fraction of sp³-hybridized carbons (Fsp3) is 0.625. The topological polar surface area (TPSA) is 38.0 Å². The summed E-state index contributed by atoms with van der Waals surface area (Å²) >= 11 is 1.91. The zero-order chi connectivity index (χ0) is 13.7. The fourth-order valence-electron chi connectivity index (χ4n) is 2.98. The Balaban J connectivity index is 1.86. The molecule has 1 aliphatic carbocycles. The molecule has 0 aromatic heterocycles. The molecule has 1 fully saturated rings. The van der Waals surface area contributed by atoms with E-state index < -0.39 is 0 Å². The molecule has 0 radical (unpaired) electrons. The predicted octanol–water partition coefficient (Wildman–Crippen LogP) is 3.68. The lowest BCUT2D eigenvalue weighted by Gasteiger charge is -2.36. The van der Waals surface area contributed by atoms with Crippen LogP contribution >= 0.6 is 11.8 Å². The highest BCUT2D eigenvalue weighted by atomic mass is 32.2. The van der Waals surface area contributed by atoms with Crippen molar-refractivity contribution in [1.82, 2.24) is 5.43 Å². The number of hydrogen-bond donors (Lipinski definition) is 2. The van der Waals surface area contributed by atoms with Gasteiger partial charge in [0.05, 0.1) is 0 Å². The highest BCUT2D eigenvalue weighted by Crippen LogP contribution is 2.36. The Labute approximate surface area is 121 Å². The summed E-state index contributed by atoms with van der Waals surface area (Å²) in [5, 5.41) is 0. The number of benzene rings is 1. The number of nitrogens with one attached hydrogen (secondary N) is 1. The van der Waals surface area contributed by atoms with Gasteiger partial charge in [-0.3, -0.25) is 11.3 Å². The SMILES string of the molecule is CC1CCC(C(CSc2ccccc2)NN)CC1C. The fourth-order valence-corrected chi connectivity index (χ4v) is 4.07. The van der Waals surface area contributed by atoms with Gasteiger partial charge in [0.15, 0.2) is 0 Å². The van der Waals surface area contributed by atoms with Gasteiger partial charge in [0.2, 0.25) is 0 Å². The first-order valence-electron chi connectivity index (χ1n) is 7.34. The summed E-state index contributed by atoms with van der Waals surface area (Å²) in [4.78, 5) is 1.33. The molecule has 1 saturated carbocycles. The summed E-state index contributed by atoms with van der Waals surface area (Å²) < 4.78 is 0. The zero-order valence-electron chi connectivity index (χ0n) is 12.0. The molecule has 4 atom stereocenters. The average Bonchev–Trinajstić information content (AvgIpc) is 2.44.